The van der Waals surface area contributed by atoms with Crippen LogP contribution < -0.4 is 16.3 Å². The zero-order valence-corrected chi connectivity index (χ0v) is 45.2. The van der Waals surface area contributed by atoms with Crippen LogP contribution in [0.2, 0.25) is 0 Å². The summed E-state index contributed by atoms with van der Waals surface area (Å²) in [7, 11) is 0. The van der Waals surface area contributed by atoms with E-state index >= 15 is 0 Å². The summed E-state index contributed by atoms with van der Waals surface area (Å²) >= 11 is 4.47. The molecule has 0 radical (unpaired) electrons. The minimum Gasteiger partial charge on any atom is -0.460 e. The summed E-state index contributed by atoms with van der Waals surface area (Å²) in [6, 6.07) is 37.2. The average molecular weight is 1110 g/mol. The Morgan fingerprint density at radius 2 is 0.615 bits per heavy atom. The SMILES string of the molecule is CCC(COCCOCCOC(=O)c1ccc2sc3ccccc3c(=O)c2c1)(COCCOCCOC(=O)c1ccc2sc3ccccc3c(=O)c2c1)COCCOCCOC(=O)c1ccc2sc3ccccc3c(=O)c2c1. The van der Waals surface area contributed by atoms with E-state index in [1.165, 1.54) is 34.0 Å². The Kier molecular flexibility index (Phi) is 19.5. The van der Waals surface area contributed by atoms with Crippen molar-refractivity contribution in [3.63, 3.8) is 0 Å². The largest absolute Gasteiger partial charge is 0.460 e. The molecule has 0 aliphatic carbocycles. The molecule has 3 heterocycles. The maximum Gasteiger partial charge on any atom is 0.338 e. The maximum atomic E-state index is 13.1. The number of carbonyl (C=O) groups is 3. The number of esters is 3. The second-order valence-corrected chi connectivity index (χ2v) is 21.4. The number of rotatable bonds is 28. The number of fused-ring (bicyclic) bond motifs is 6. The number of hydrogen-bond acceptors (Lipinski definition) is 18. The van der Waals surface area contributed by atoms with Gasteiger partial charge in [0, 0.05) is 65.9 Å². The summed E-state index contributed by atoms with van der Waals surface area (Å²) in [5, 5.41) is 3.23. The first-order chi connectivity index (χ1) is 38.1. The van der Waals surface area contributed by atoms with Crippen molar-refractivity contribution in [3.8, 4) is 0 Å². The fourth-order valence-corrected chi connectivity index (χ4v) is 11.7. The molecule has 3 aromatic heterocycles. The van der Waals surface area contributed by atoms with E-state index in [2.05, 4.69) is 0 Å². The van der Waals surface area contributed by atoms with Crippen LogP contribution in [0, 0.1) is 5.41 Å². The van der Waals surface area contributed by atoms with Crippen molar-refractivity contribution in [2.45, 2.75) is 13.3 Å². The Morgan fingerprint density at radius 1 is 0.346 bits per heavy atom. The minimum atomic E-state index is -0.564. The van der Waals surface area contributed by atoms with Crippen molar-refractivity contribution in [1.82, 2.24) is 0 Å². The van der Waals surface area contributed by atoms with Gasteiger partial charge in [-0.1, -0.05) is 43.3 Å². The summed E-state index contributed by atoms with van der Waals surface area (Å²) in [6.07, 6.45) is 0.635. The van der Waals surface area contributed by atoms with Gasteiger partial charge >= 0.3 is 17.9 Å². The zero-order chi connectivity index (χ0) is 54.3. The Morgan fingerprint density at radius 3 is 0.923 bits per heavy atom. The van der Waals surface area contributed by atoms with Crippen molar-refractivity contribution in [1.29, 1.82) is 0 Å². The van der Waals surface area contributed by atoms with Crippen LogP contribution in [0.4, 0.5) is 0 Å². The summed E-state index contributed by atoms with van der Waals surface area (Å²) in [6.45, 7) is 4.70. The zero-order valence-electron chi connectivity index (χ0n) is 42.8. The van der Waals surface area contributed by atoms with Gasteiger partial charge in [0.15, 0.2) is 16.3 Å². The fraction of sp³-hybridized carbons (Fsp3) is 0.300. The van der Waals surface area contributed by atoms with Gasteiger partial charge in [-0.25, -0.2) is 14.4 Å². The van der Waals surface area contributed by atoms with Gasteiger partial charge in [-0.3, -0.25) is 14.4 Å². The third kappa shape index (κ3) is 13.9. The van der Waals surface area contributed by atoms with Crippen molar-refractivity contribution >= 4 is 112 Å². The predicted molar refractivity (Wildman–Crippen MR) is 305 cm³/mol. The van der Waals surface area contributed by atoms with E-state index in [-0.39, 0.29) is 132 Å². The highest BCUT2D eigenvalue weighted by atomic mass is 32.1. The van der Waals surface area contributed by atoms with Crippen LogP contribution in [-0.4, -0.2) is 117 Å². The van der Waals surface area contributed by atoms with Crippen molar-refractivity contribution in [2.75, 3.05) is 99.1 Å². The van der Waals surface area contributed by atoms with Crippen molar-refractivity contribution in [3.05, 3.63) is 175 Å². The van der Waals surface area contributed by atoms with Crippen molar-refractivity contribution in [2.24, 2.45) is 5.41 Å². The van der Waals surface area contributed by atoms with E-state index in [1.54, 1.807) is 72.8 Å². The molecule has 0 N–H and O–H groups in total. The molecule has 0 bridgehead atoms. The second kappa shape index (κ2) is 27.2. The van der Waals surface area contributed by atoms with E-state index in [1.807, 2.05) is 61.5 Å². The molecule has 0 unspecified atom stereocenters. The lowest BCUT2D eigenvalue weighted by atomic mass is 9.88. The molecular weight excluding hydrogens is 1060 g/mol. The Labute approximate surface area is 459 Å². The number of ether oxygens (including phenoxy) is 9. The van der Waals surface area contributed by atoms with E-state index < -0.39 is 23.3 Å². The van der Waals surface area contributed by atoms with Crippen LogP contribution in [0.1, 0.15) is 44.4 Å². The molecule has 9 rings (SSSR count). The molecule has 0 aliphatic heterocycles. The first kappa shape index (κ1) is 55.9. The minimum absolute atomic E-state index is 0.00881. The third-order valence-electron chi connectivity index (χ3n) is 12.9. The highest BCUT2D eigenvalue weighted by molar-refractivity contribution is 7.25. The summed E-state index contributed by atoms with van der Waals surface area (Å²) in [5.41, 5.74) is -0.0968. The molecule has 9 aromatic rings. The molecule has 0 atom stereocenters. The van der Waals surface area contributed by atoms with Gasteiger partial charge < -0.3 is 42.6 Å². The van der Waals surface area contributed by atoms with Gasteiger partial charge in [0.05, 0.1) is 96.0 Å². The lowest BCUT2D eigenvalue weighted by molar-refractivity contribution is -0.0908. The molecule has 6 aromatic carbocycles. The molecule has 0 aliphatic rings. The topological polar surface area (TPSA) is 185 Å². The van der Waals surface area contributed by atoms with Crippen LogP contribution in [0.3, 0.4) is 0 Å². The highest BCUT2D eigenvalue weighted by Crippen LogP contribution is 2.29. The van der Waals surface area contributed by atoms with Gasteiger partial charge in [0.25, 0.3) is 0 Å². The molecule has 0 fully saturated rings. The van der Waals surface area contributed by atoms with Gasteiger partial charge in [-0.05, 0) is 97.4 Å². The van der Waals surface area contributed by atoms with Crippen LogP contribution in [0.15, 0.2) is 142 Å². The Balaban J connectivity index is 0.697. The molecule has 0 spiro atoms. The first-order valence-electron chi connectivity index (χ1n) is 25.5. The van der Waals surface area contributed by atoms with E-state index in [4.69, 9.17) is 42.6 Å². The maximum absolute atomic E-state index is 13.1. The smallest absolute Gasteiger partial charge is 0.338 e. The number of carbonyl (C=O) groups excluding carboxylic acids is 3. The Hall–Kier alpha value is -6.84. The van der Waals surface area contributed by atoms with Gasteiger partial charge in [-0.2, -0.15) is 0 Å². The molecular formula is C60H56O15S3. The van der Waals surface area contributed by atoms with E-state index in [9.17, 15) is 28.8 Å². The van der Waals surface area contributed by atoms with Gasteiger partial charge in [0.1, 0.15) is 19.8 Å². The lowest BCUT2D eigenvalue weighted by Crippen LogP contribution is -2.38. The molecule has 404 valence electrons. The van der Waals surface area contributed by atoms with Crippen LogP contribution >= 0.6 is 34.0 Å². The van der Waals surface area contributed by atoms with Gasteiger partial charge in [0.2, 0.25) is 0 Å². The molecule has 18 heteroatoms. The van der Waals surface area contributed by atoms with E-state index in [0.717, 1.165) is 28.2 Å². The number of hydrogen-bond donors (Lipinski definition) is 0. The summed E-state index contributed by atoms with van der Waals surface area (Å²) in [4.78, 5) is 78.0. The molecule has 15 nitrogen and oxygen atoms in total. The monoisotopic (exact) mass is 1110 g/mol. The van der Waals surface area contributed by atoms with Crippen molar-refractivity contribution < 1.29 is 57.0 Å². The molecule has 0 saturated carbocycles. The molecule has 0 saturated heterocycles. The molecule has 0 amide bonds. The predicted octanol–water partition coefficient (Wildman–Crippen LogP) is 10.2. The third-order valence-corrected chi connectivity index (χ3v) is 16.4. The second-order valence-electron chi connectivity index (χ2n) is 18.2. The molecule has 78 heavy (non-hydrogen) atoms. The quantitative estimate of drug-likeness (QED) is 0.0195. The van der Waals surface area contributed by atoms with Crippen LogP contribution in [0.5, 0.6) is 0 Å². The standard InChI is InChI=1S/C60H56O15S3/c1-2-60(36-70-24-21-67-27-30-73-57(64)39-15-18-51-45(33-39)54(61)42-9-3-6-12-48(42)76-51,37-71-25-22-68-28-31-74-58(65)40-16-19-52-46(34-40)55(62)43-10-4-7-13-49(43)77-52)38-72-26-23-69-29-32-75-59(66)41-17-20-53-47(35-41)56(63)44-11-5-8-14-50(44)78-53/h3-20,33-35H,2,21-32,36-38H2,1H3. The van der Waals surface area contributed by atoms with Crippen LogP contribution in [-0.2, 0) is 42.6 Å². The normalized spacial score (nSPS) is 11.8. The van der Waals surface area contributed by atoms with E-state index in [0.29, 0.717) is 38.7 Å². The fourth-order valence-electron chi connectivity index (χ4n) is 8.58. The van der Waals surface area contributed by atoms with Gasteiger partial charge in [-0.15, -0.1) is 34.0 Å². The number of benzene rings is 6. The first-order valence-corrected chi connectivity index (χ1v) is 27.9. The average Bonchev–Trinajstić information content (AvgIpc) is 3.59. The summed E-state index contributed by atoms with van der Waals surface area (Å²) in [5.74, 6) is -1.66. The van der Waals surface area contributed by atoms with Crippen LogP contribution in [0.25, 0.3) is 60.5 Å². The Bertz CT molecular complexity index is 3390. The lowest BCUT2D eigenvalue weighted by Gasteiger charge is -2.32. The highest BCUT2D eigenvalue weighted by Gasteiger charge is 2.30. The summed E-state index contributed by atoms with van der Waals surface area (Å²) < 4.78 is 56.8.